The number of benzene rings is 6. The molecule has 0 atom stereocenters. The number of fused-ring (bicyclic) bond motifs is 5. The van der Waals surface area contributed by atoms with Gasteiger partial charge in [-0.15, -0.1) is 0 Å². The lowest BCUT2D eigenvalue weighted by atomic mass is 9.20. The van der Waals surface area contributed by atoms with Gasteiger partial charge in [-0.3, -0.25) is 4.57 Å². The lowest BCUT2D eigenvalue weighted by Crippen LogP contribution is -2.76. The van der Waals surface area contributed by atoms with Gasteiger partial charge in [0.15, 0.2) is 0 Å². The molecule has 0 saturated heterocycles. The van der Waals surface area contributed by atoms with Crippen LogP contribution in [0.25, 0.3) is 33.3 Å². The smallest absolute Gasteiger partial charge is 0.243 e. The Hall–Kier alpha value is -6.59. The molecule has 0 aliphatic carbocycles. The van der Waals surface area contributed by atoms with Crippen LogP contribution >= 0.6 is 0 Å². The molecule has 10 rings (SSSR count). The van der Waals surface area contributed by atoms with Crippen molar-refractivity contribution in [1.82, 2.24) is 19.3 Å². The zero-order valence-corrected chi connectivity index (χ0v) is 31.4. The summed E-state index contributed by atoms with van der Waals surface area (Å²) in [7, 11) is 0. The number of hydrogen-bond acceptors (Lipinski definition) is 3. The van der Waals surface area contributed by atoms with Crippen molar-refractivity contribution in [2.24, 2.45) is 0 Å². The highest BCUT2D eigenvalue weighted by molar-refractivity contribution is 7.12. The van der Waals surface area contributed by atoms with Crippen molar-refractivity contribution < 1.29 is 4.74 Å². The van der Waals surface area contributed by atoms with Crippen molar-refractivity contribution in [1.29, 1.82) is 0 Å². The second-order valence-corrected chi connectivity index (χ2v) is 14.8. The Balaban J connectivity index is 1.24. The van der Waals surface area contributed by atoms with Crippen LogP contribution in [-0.4, -0.2) is 32.8 Å². The van der Waals surface area contributed by atoms with Crippen LogP contribution in [0.5, 0.6) is 11.5 Å². The maximum absolute atomic E-state index is 7.02. The monoisotopic (exact) mass is 708 g/mol. The third-order valence-corrected chi connectivity index (χ3v) is 11.6. The predicted octanol–water partition coefficient (Wildman–Crippen LogP) is 6.74. The van der Waals surface area contributed by atoms with Crippen LogP contribution in [0.4, 0.5) is 0 Å². The molecule has 0 spiro atoms. The summed E-state index contributed by atoms with van der Waals surface area (Å²) >= 11 is 0. The van der Waals surface area contributed by atoms with Gasteiger partial charge in [-0.2, -0.15) is 5.10 Å². The largest absolute Gasteiger partial charge is 0.457 e. The third-order valence-electron chi connectivity index (χ3n) is 11.6. The van der Waals surface area contributed by atoms with Gasteiger partial charge in [0, 0.05) is 41.5 Å². The molecule has 0 saturated carbocycles. The third kappa shape index (κ3) is 5.33. The normalized spacial score (nSPS) is 12.3. The Labute approximate surface area is 322 Å². The van der Waals surface area contributed by atoms with Crippen molar-refractivity contribution in [3.63, 3.8) is 0 Å². The Kier molecular flexibility index (Phi) is 7.84. The molecular formula is C48H38B2N4O. The molecule has 0 unspecified atom stereocenters. The summed E-state index contributed by atoms with van der Waals surface area (Å²) in [5, 5.41) is 7.20. The fraction of sp³-hybridized carbons (Fsp3) is 0.0833. The quantitative estimate of drug-likeness (QED) is 0.180. The molecule has 0 N–H and O–H groups in total. The van der Waals surface area contributed by atoms with Gasteiger partial charge >= 0.3 is 0 Å². The van der Waals surface area contributed by atoms with E-state index in [1.54, 1.807) is 0 Å². The van der Waals surface area contributed by atoms with E-state index < -0.39 is 0 Å². The first-order chi connectivity index (χ1) is 27.0. The Morgan fingerprint density at radius 2 is 1.15 bits per heavy atom. The van der Waals surface area contributed by atoms with Crippen molar-refractivity contribution in [3.05, 3.63) is 180 Å². The first kappa shape index (κ1) is 33.0. The zero-order chi connectivity index (χ0) is 37.2. The van der Waals surface area contributed by atoms with Crippen LogP contribution in [-0.2, 0) is 0 Å². The highest BCUT2D eigenvalue weighted by atomic mass is 16.5. The van der Waals surface area contributed by atoms with Gasteiger partial charge in [0.25, 0.3) is 0 Å². The summed E-state index contributed by atoms with van der Waals surface area (Å²) in [5.74, 6) is 2.39. The number of rotatable bonds is 6. The molecule has 0 fully saturated rings. The lowest BCUT2D eigenvalue weighted by Gasteiger charge is -2.36. The number of ether oxygens (including phenoxy) is 1. The second-order valence-electron chi connectivity index (χ2n) is 14.8. The van der Waals surface area contributed by atoms with E-state index in [-0.39, 0.29) is 13.4 Å². The van der Waals surface area contributed by atoms with E-state index in [1.165, 1.54) is 60.4 Å². The van der Waals surface area contributed by atoms with Gasteiger partial charge in [-0.25, -0.2) is 9.67 Å². The van der Waals surface area contributed by atoms with Gasteiger partial charge in [0.2, 0.25) is 13.4 Å². The van der Waals surface area contributed by atoms with Gasteiger partial charge in [-0.1, -0.05) is 134 Å². The van der Waals surface area contributed by atoms with Crippen LogP contribution in [0.1, 0.15) is 22.3 Å². The fourth-order valence-corrected chi connectivity index (χ4v) is 9.26. The van der Waals surface area contributed by atoms with Crippen molar-refractivity contribution >= 4 is 68.0 Å². The number of nitrogens with zero attached hydrogens (tertiary/aromatic N) is 4. The van der Waals surface area contributed by atoms with Gasteiger partial charge in [-0.05, 0) is 75.6 Å². The topological polar surface area (TPSA) is 44.9 Å². The molecule has 5 nitrogen and oxygen atoms in total. The average Bonchev–Trinajstić information content (AvgIpc) is 3.85. The summed E-state index contributed by atoms with van der Waals surface area (Å²) in [4.78, 5) is 4.75. The molecule has 55 heavy (non-hydrogen) atoms. The fourth-order valence-electron chi connectivity index (χ4n) is 9.26. The Morgan fingerprint density at radius 1 is 0.491 bits per heavy atom. The van der Waals surface area contributed by atoms with Crippen molar-refractivity contribution in [2.45, 2.75) is 27.7 Å². The summed E-state index contributed by atoms with van der Waals surface area (Å²) in [6.45, 7) is 8.95. The minimum atomic E-state index is -0.0139. The van der Waals surface area contributed by atoms with E-state index in [4.69, 9.17) is 14.8 Å². The zero-order valence-electron chi connectivity index (χ0n) is 31.4. The highest BCUT2D eigenvalue weighted by Crippen LogP contribution is 2.35. The van der Waals surface area contributed by atoms with Crippen LogP contribution in [0.3, 0.4) is 0 Å². The predicted molar refractivity (Wildman–Crippen MR) is 230 cm³/mol. The first-order valence-corrected chi connectivity index (χ1v) is 19.0. The maximum atomic E-state index is 7.02. The molecule has 3 aromatic heterocycles. The Morgan fingerprint density at radius 3 is 1.84 bits per heavy atom. The molecule has 0 bridgehead atoms. The molecule has 6 aromatic carbocycles. The number of aromatic nitrogens is 4. The average molecular weight is 708 g/mol. The van der Waals surface area contributed by atoms with Crippen molar-refractivity contribution in [2.75, 3.05) is 0 Å². The molecule has 262 valence electrons. The van der Waals surface area contributed by atoms with Gasteiger partial charge in [0.05, 0.1) is 16.7 Å². The van der Waals surface area contributed by atoms with E-state index in [0.29, 0.717) is 0 Å². The number of hydrogen-bond donors (Lipinski definition) is 0. The van der Waals surface area contributed by atoms with Gasteiger partial charge < -0.3 is 4.74 Å². The molecule has 1 aliphatic heterocycles. The summed E-state index contributed by atoms with van der Waals surface area (Å²) < 4.78 is 11.3. The highest BCUT2D eigenvalue weighted by Gasteiger charge is 2.42. The van der Waals surface area contributed by atoms with Crippen LogP contribution < -0.4 is 37.5 Å². The van der Waals surface area contributed by atoms with Crippen LogP contribution in [0.15, 0.2) is 158 Å². The molecule has 7 heteroatoms. The number of aryl methyl sites for hydroxylation is 4. The standard InChI is InChI=1S/C48H38B2N4O/c1-31-14-11-15-32(2)46(31)49-39-19-6-7-20-40(39)50(47-33(3)16-12-17-34(47)4)48-41(49)28-36(30-44(48)53-27-13-26-52-53)55-35-23-24-38-37-18-5-8-21-42(37)54(43(38)29-35)45-22-9-10-25-51-45/h5-30H,1-4H3. The lowest BCUT2D eigenvalue weighted by molar-refractivity contribution is 0.483. The summed E-state index contributed by atoms with van der Waals surface area (Å²) in [6.07, 6.45) is 5.75. The van der Waals surface area contributed by atoms with E-state index in [2.05, 4.69) is 154 Å². The molecule has 4 heterocycles. The van der Waals surface area contributed by atoms with Crippen LogP contribution in [0, 0.1) is 27.7 Å². The number of pyridine rings is 1. The van der Waals surface area contributed by atoms with Crippen molar-refractivity contribution in [3.8, 4) is 23.0 Å². The molecular weight excluding hydrogens is 670 g/mol. The minimum Gasteiger partial charge on any atom is -0.457 e. The molecule has 0 radical (unpaired) electrons. The number of para-hydroxylation sites is 1. The SMILES string of the molecule is Cc1cccc(C)c1B1c2ccccc2B(c2c(C)cccc2C)c2c1cc(Oc1ccc3c4ccccc4n(-c4ccccn4)c3c1)cc2-n1cccn1. The molecule has 9 aromatic rings. The first-order valence-electron chi connectivity index (χ1n) is 19.0. The molecule has 0 amide bonds. The Bertz CT molecular complexity index is 2880. The summed E-state index contributed by atoms with van der Waals surface area (Å²) in [6, 6.07) is 49.8. The van der Waals surface area contributed by atoms with Crippen LogP contribution in [0.2, 0.25) is 0 Å². The van der Waals surface area contributed by atoms with E-state index >= 15 is 0 Å². The van der Waals surface area contributed by atoms with E-state index in [9.17, 15) is 0 Å². The van der Waals surface area contributed by atoms with E-state index in [0.717, 1.165) is 39.4 Å². The molecule has 1 aliphatic rings. The summed E-state index contributed by atoms with van der Waals surface area (Å²) in [5.41, 5.74) is 16.1. The maximum Gasteiger partial charge on any atom is 0.243 e. The van der Waals surface area contributed by atoms with E-state index in [1.807, 2.05) is 41.5 Å². The second kappa shape index (κ2) is 13.1. The minimum absolute atomic E-state index is 0.00773. The van der Waals surface area contributed by atoms with Gasteiger partial charge in [0.1, 0.15) is 17.3 Å².